The van der Waals surface area contributed by atoms with E-state index in [1.165, 1.54) is 37.7 Å². The van der Waals surface area contributed by atoms with Crippen molar-refractivity contribution >= 4 is 46.5 Å². The molecule has 0 radical (unpaired) electrons. The molecule has 0 saturated heterocycles. The number of benzene rings is 3. The minimum absolute atomic E-state index is 0. The van der Waals surface area contributed by atoms with Crippen molar-refractivity contribution in [1.82, 2.24) is 9.97 Å². The molecule has 0 atom stereocenters. The van der Waals surface area contributed by atoms with Crippen LogP contribution in [0.5, 0.6) is 0 Å². The van der Waals surface area contributed by atoms with Gasteiger partial charge in [-0.05, 0) is 60.7 Å². The Kier molecular flexibility index (Phi) is 6.68. The average molecular weight is 431 g/mol. The summed E-state index contributed by atoms with van der Waals surface area (Å²) in [7, 11) is 0. The van der Waals surface area contributed by atoms with Gasteiger partial charge in [0.05, 0.1) is 5.52 Å². The van der Waals surface area contributed by atoms with Gasteiger partial charge < -0.3 is 10.6 Å². The molecule has 31 heavy (non-hydrogen) atoms. The average Bonchev–Trinajstić information content (AvgIpc) is 2.81. The molecule has 0 unspecified atom stereocenters. The molecular weight excluding hydrogens is 404 g/mol. The third kappa shape index (κ3) is 4.97. The smallest absolute Gasteiger partial charge is 0.229 e. The van der Waals surface area contributed by atoms with Gasteiger partial charge in [-0.2, -0.15) is 4.98 Å². The minimum atomic E-state index is 0. The van der Waals surface area contributed by atoms with Crippen molar-refractivity contribution in [1.29, 1.82) is 0 Å². The SMILES string of the molecule is Cl.c1ccc(Nc2nc(Nc3ccc(C4CCCCC4)cc3)nc3ccccc23)cc1. The summed E-state index contributed by atoms with van der Waals surface area (Å²) in [4.78, 5) is 9.49. The molecule has 1 fully saturated rings. The highest BCUT2D eigenvalue weighted by molar-refractivity contribution is 5.92. The maximum absolute atomic E-state index is 4.77. The van der Waals surface area contributed by atoms with E-state index >= 15 is 0 Å². The van der Waals surface area contributed by atoms with Gasteiger partial charge in [-0.25, -0.2) is 4.98 Å². The first-order valence-corrected chi connectivity index (χ1v) is 10.8. The highest BCUT2D eigenvalue weighted by atomic mass is 35.5. The van der Waals surface area contributed by atoms with Crippen molar-refractivity contribution in [3.63, 3.8) is 0 Å². The zero-order valence-corrected chi connectivity index (χ0v) is 18.2. The number of fused-ring (bicyclic) bond motifs is 1. The molecule has 0 spiro atoms. The summed E-state index contributed by atoms with van der Waals surface area (Å²) >= 11 is 0. The fourth-order valence-corrected chi connectivity index (χ4v) is 4.29. The van der Waals surface area contributed by atoms with Gasteiger partial charge in [-0.15, -0.1) is 12.4 Å². The highest BCUT2D eigenvalue weighted by Gasteiger charge is 2.15. The lowest BCUT2D eigenvalue weighted by molar-refractivity contribution is 0.443. The Labute approximate surface area is 189 Å². The van der Waals surface area contributed by atoms with Gasteiger partial charge in [0.15, 0.2) is 0 Å². The van der Waals surface area contributed by atoms with Crippen LogP contribution in [0.1, 0.15) is 43.6 Å². The topological polar surface area (TPSA) is 49.8 Å². The number of anilines is 4. The van der Waals surface area contributed by atoms with E-state index in [0.717, 1.165) is 28.1 Å². The van der Waals surface area contributed by atoms with Crippen LogP contribution in [0, 0.1) is 0 Å². The molecule has 2 N–H and O–H groups in total. The third-order valence-corrected chi connectivity index (χ3v) is 5.88. The molecule has 4 nitrogen and oxygen atoms in total. The first-order chi connectivity index (χ1) is 14.8. The number of nitrogens with zero attached hydrogens (tertiary/aromatic N) is 2. The fraction of sp³-hybridized carbons (Fsp3) is 0.231. The van der Waals surface area contributed by atoms with Crippen molar-refractivity contribution in [2.75, 3.05) is 10.6 Å². The highest BCUT2D eigenvalue weighted by Crippen LogP contribution is 2.33. The Morgan fingerprint density at radius 2 is 1.32 bits per heavy atom. The number of aromatic nitrogens is 2. The summed E-state index contributed by atoms with van der Waals surface area (Å²) in [5.41, 5.74) is 4.37. The van der Waals surface area contributed by atoms with E-state index in [9.17, 15) is 0 Å². The van der Waals surface area contributed by atoms with Crippen molar-refractivity contribution in [3.8, 4) is 0 Å². The molecule has 0 bridgehead atoms. The molecule has 5 heteroatoms. The number of para-hydroxylation sites is 2. The van der Waals surface area contributed by atoms with E-state index in [1.807, 2.05) is 54.6 Å². The summed E-state index contributed by atoms with van der Waals surface area (Å²) in [6, 6.07) is 27.0. The van der Waals surface area contributed by atoms with E-state index in [-0.39, 0.29) is 12.4 Å². The molecule has 4 aromatic rings. The van der Waals surface area contributed by atoms with Crippen LogP contribution in [0.2, 0.25) is 0 Å². The monoisotopic (exact) mass is 430 g/mol. The first-order valence-electron chi connectivity index (χ1n) is 10.8. The Hall–Kier alpha value is -3.11. The van der Waals surface area contributed by atoms with Crippen molar-refractivity contribution < 1.29 is 0 Å². The van der Waals surface area contributed by atoms with Crippen LogP contribution in [0.25, 0.3) is 10.9 Å². The van der Waals surface area contributed by atoms with Gasteiger partial charge >= 0.3 is 0 Å². The van der Waals surface area contributed by atoms with Crippen LogP contribution in [-0.4, -0.2) is 9.97 Å². The molecule has 0 aliphatic heterocycles. The summed E-state index contributed by atoms with van der Waals surface area (Å²) < 4.78 is 0. The second-order valence-corrected chi connectivity index (χ2v) is 7.99. The summed E-state index contributed by atoms with van der Waals surface area (Å²) in [6.07, 6.45) is 6.72. The fourth-order valence-electron chi connectivity index (χ4n) is 4.29. The Morgan fingerprint density at radius 1 is 0.645 bits per heavy atom. The van der Waals surface area contributed by atoms with E-state index < -0.39 is 0 Å². The number of hydrogen-bond donors (Lipinski definition) is 2. The van der Waals surface area contributed by atoms with Crippen LogP contribution in [0.4, 0.5) is 23.1 Å². The van der Waals surface area contributed by atoms with Crippen LogP contribution in [0.3, 0.4) is 0 Å². The zero-order valence-electron chi connectivity index (χ0n) is 17.4. The van der Waals surface area contributed by atoms with E-state index in [2.05, 4.69) is 34.9 Å². The van der Waals surface area contributed by atoms with Crippen LogP contribution in [0.15, 0.2) is 78.9 Å². The van der Waals surface area contributed by atoms with Gasteiger partial charge in [0, 0.05) is 16.8 Å². The first kappa shape index (κ1) is 21.1. The molecule has 5 rings (SSSR count). The molecule has 1 aromatic heterocycles. The quantitative estimate of drug-likeness (QED) is 0.342. The normalized spacial score (nSPS) is 14.1. The van der Waals surface area contributed by atoms with Crippen molar-refractivity contribution in [2.24, 2.45) is 0 Å². The molecule has 158 valence electrons. The van der Waals surface area contributed by atoms with Gasteiger partial charge in [-0.1, -0.05) is 61.7 Å². The van der Waals surface area contributed by atoms with Crippen molar-refractivity contribution in [3.05, 3.63) is 84.4 Å². The number of nitrogens with one attached hydrogen (secondary N) is 2. The van der Waals surface area contributed by atoms with Gasteiger partial charge in [-0.3, -0.25) is 0 Å². The summed E-state index contributed by atoms with van der Waals surface area (Å²) in [5, 5.41) is 7.82. The van der Waals surface area contributed by atoms with E-state index in [0.29, 0.717) is 11.9 Å². The molecule has 0 amide bonds. The second kappa shape index (κ2) is 9.80. The second-order valence-electron chi connectivity index (χ2n) is 7.99. The Bertz CT molecular complexity index is 1120. The number of rotatable bonds is 5. The molecule has 3 aromatic carbocycles. The molecule has 1 heterocycles. The molecular formula is C26H27ClN4. The number of halogens is 1. The predicted octanol–water partition coefficient (Wildman–Crippen LogP) is 7.59. The number of hydrogen-bond acceptors (Lipinski definition) is 4. The van der Waals surface area contributed by atoms with Crippen LogP contribution in [-0.2, 0) is 0 Å². The van der Waals surface area contributed by atoms with Crippen LogP contribution >= 0.6 is 12.4 Å². The summed E-state index contributed by atoms with van der Waals surface area (Å²) in [6.45, 7) is 0. The van der Waals surface area contributed by atoms with E-state index in [4.69, 9.17) is 9.97 Å². The lowest BCUT2D eigenvalue weighted by Gasteiger charge is -2.22. The molecule has 1 aliphatic rings. The Morgan fingerprint density at radius 3 is 2.10 bits per heavy atom. The lowest BCUT2D eigenvalue weighted by atomic mass is 9.84. The van der Waals surface area contributed by atoms with Gasteiger partial charge in [0.1, 0.15) is 5.82 Å². The Balaban J connectivity index is 0.00000231. The molecule has 1 aliphatic carbocycles. The summed E-state index contributed by atoms with van der Waals surface area (Å²) in [5.74, 6) is 2.11. The largest absolute Gasteiger partial charge is 0.340 e. The third-order valence-electron chi connectivity index (χ3n) is 5.88. The van der Waals surface area contributed by atoms with Gasteiger partial charge in [0.25, 0.3) is 0 Å². The minimum Gasteiger partial charge on any atom is -0.340 e. The standard InChI is InChI=1S/C26H26N4.ClH/c1-3-9-19(10-4-1)20-15-17-22(18-16-20)28-26-29-24-14-8-7-13-23(24)25(30-26)27-21-11-5-2-6-12-21;/h2,5-8,11-19H,1,3-4,9-10H2,(H2,27,28,29,30);1H. The predicted molar refractivity (Wildman–Crippen MR) is 132 cm³/mol. The zero-order chi connectivity index (χ0) is 20.2. The van der Waals surface area contributed by atoms with E-state index in [1.54, 1.807) is 0 Å². The van der Waals surface area contributed by atoms with Gasteiger partial charge in [0.2, 0.25) is 5.95 Å². The lowest BCUT2D eigenvalue weighted by Crippen LogP contribution is -2.05. The van der Waals surface area contributed by atoms with Crippen molar-refractivity contribution in [2.45, 2.75) is 38.0 Å². The molecule has 1 saturated carbocycles. The van der Waals surface area contributed by atoms with Crippen LogP contribution < -0.4 is 10.6 Å². The maximum Gasteiger partial charge on any atom is 0.229 e. The maximum atomic E-state index is 4.77.